The SMILES string of the molecule is CCCCCCC=CC(C)C(NC(=O)[C@@H]1CCCCN1C(=O)CNC(=O)OC(C)(C)C)C(=O)O. The van der Waals surface area contributed by atoms with E-state index in [0.29, 0.717) is 13.0 Å². The summed E-state index contributed by atoms with van der Waals surface area (Å²) in [6.45, 7) is 9.16. The monoisotopic (exact) mass is 481 g/mol. The summed E-state index contributed by atoms with van der Waals surface area (Å²) < 4.78 is 5.14. The van der Waals surface area contributed by atoms with E-state index in [0.717, 1.165) is 38.5 Å². The number of carboxylic acids is 1. The molecule has 1 heterocycles. The zero-order chi connectivity index (χ0) is 25.7. The molecular formula is C25H43N3O6. The Bertz CT molecular complexity index is 716. The van der Waals surface area contributed by atoms with Crippen molar-refractivity contribution in [2.75, 3.05) is 13.1 Å². The van der Waals surface area contributed by atoms with Gasteiger partial charge in [-0.25, -0.2) is 9.59 Å². The van der Waals surface area contributed by atoms with E-state index in [2.05, 4.69) is 17.6 Å². The fourth-order valence-electron chi connectivity index (χ4n) is 3.84. The van der Waals surface area contributed by atoms with E-state index in [1.54, 1.807) is 27.7 Å². The summed E-state index contributed by atoms with van der Waals surface area (Å²) in [7, 11) is 0. The molecule has 1 aliphatic rings. The number of hydrogen-bond acceptors (Lipinski definition) is 5. The molecule has 34 heavy (non-hydrogen) atoms. The molecule has 0 saturated carbocycles. The number of carboxylic acid groups (broad SMARTS) is 1. The zero-order valence-electron chi connectivity index (χ0n) is 21.4. The minimum atomic E-state index is -1.11. The first-order valence-electron chi connectivity index (χ1n) is 12.4. The van der Waals surface area contributed by atoms with Gasteiger partial charge in [-0.2, -0.15) is 0 Å². The molecule has 0 spiro atoms. The van der Waals surface area contributed by atoms with Crippen LogP contribution in [-0.4, -0.2) is 64.7 Å². The first kappa shape index (κ1) is 29.5. The van der Waals surface area contributed by atoms with Crippen LogP contribution in [0.4, 0.5) is 4.79 Å². The number of carbonyl (C=O) groups excluding carboxylic acids is 3. The normalized spacial score (nSPS) is 18.3. The van der Waals surface area contributed by atoms with Crippen molar-refractivity contribution in [1.82, 2.24) is 15.5 Å². The standard InChI is InChI=1S/C25H43N3O6/c1-6-7-8-9-10-11-14-18(2)21(23(31)32)27-22(30)19-15-12-13-16-28(19)20(29)17-26-24(33)34-25(3,4)5/h11,14,18-19,21H,6-10,12-13,15-17H2,1-5H3,(H,26,33)(H,27,30)(H,31,32)/t18?,19-,21?/m0/s1. The van der Waals surface area contributed by atoms with Gasteiger partial charge in [-0.3, -0.25) is 9.59 Å². The molecule has 1 aliphatic heterocycles. The van der Waals surface area contributed by atoms with Crippen LogP contribution in [-0.2, 0) is 19.1 Å². The number of aliphatic carboxylic acids is 1. The van der Waals surface area contributed by atoms with Gasteiger partial charge < -0.3 is 25.4 Å². The van der Waals surface area contributed by atoms with Gasteiger partial charge in [0.2, 0.25) is 11.8 Å². The number of likely N-dealkylation sites (tertiary alicyclic amines) is 1. The summed E-state index contributed by atoms with van der Waals surface area (Å²) in [6.07, 6.45) is 10.4. The van der Waals surface area contributed by atoms with E-state index in [9.17, 15) is 24.3 Å². The molecule has 0 aromatic heterocycles. The Labute approximate surface area is 203 Å². The second kappa shape index (κ2) is 14.6. The lowest BCUT2D eigenvalue weighted by atomic mass is 9.97. The van der Waals surface area contributed by atoms with E-state index in [1.807, 2.05) is 12.2 Å². The van der Waals surface area contributed by atoms with Gasteiger partial charge in [-0.1, -0.05) is 45.3 Å². The van der Waals surface area contributed by atoms with Gasteiger partial charge in [0.05, 0.1) is 0 Å². The smallest absolute Gasteiger partial charge is 0.408 e. The maximum Gasteiger partial charge on any atom is 0.408 e. The molecule has 1 saturated heterocycles. The molecule has 3 amide bonds. The van der Waals surface area contributed by atoms with Crippen LogP contribution in [0.5, 0.6) is 0 Å². The largest absolute Gasteiger partial charge is 0.480 e. The second-order valence-electron chi connectivity index (χ2n) is 9.92. The minimum absolute atomic E-state index is 0.293. The van der Waals surface area contributed by atoms with E-state index < -0.39 is 47.5 Å². The number of nitrogens with zero attached hydrogens (tertiary/aromatic N) is 1. The van der Waals surface area contributed by atoms with E-state index in [-0.39, 0.29) is 6.54 Å². The van der Waals surface area contributed by atoms with Gasteiger partial charge in [-0.05, 0) is 52.9 Å². The highest BCUT2D eigenvalue weighted by Gasteiger charge is 2.35. The minimum Gasteiger partial charge on any atom is -0.480 e. The summed E-state index contributed by atoms with van der Waals surface area (Å²) in [5.41, 5.74) is -0.687. The predicted octanol–water partition coefficient (Wildman–Crippen LogP) is 3.62. The Morgan fingerprint density at radius 3 is 2.47 bits per heavy atom. The van der Waals surface area contributed by atoms with Crippen molar-refractivity contribution in [2.24, 2.45) is 5.92 Å². The molecular weight excluding hydrogens is 438 g/mol. The Balaban J connectivity index is 2.71. The number of carbonyl (C=O) groups is 4. The molecule has 1 rings (SSSR count). The maximum atomic E-state index is 13.0. The third-order valence-corrected chi connectivity index (χ3v) is 5.66. The Hall–Kier alpha value is -2.58. The number of alkyl carbamates (subject to hydrolysis) is 1. The number of ether oxygens (including phenoxy) is 1. The topological polar surface area (TPSA) is 125 Å². The molecule has 0 aromatic carbocycles. The molecule has 0 radical (unpaired) electrons. The van der Waals surface area contributed by atoms with Gasteiger partial charge in [0.15, 0.2) is 0 Å². The molecule has 1 fully saturated rings. The number of unbranched alkanes of at least 4 members (excludes halogenated alkanes) is 4. The Kier molecular flexibility index (Phi) is 12.7. The first-order chi connectivity index (χ1) is 16.0. The maximum absolute atomic E-state index is 13.0. The van der Waals surface area contributed by atoms with Gasteiger partial charge in [0.25, 0.3) is 0 Å². The van der Waals surface area contributed by atoms with Crippen molar-refractivity contribution in [3.63, 3.8) is 0 Å². The Morgan fingerprint density at radius 2 is 1.85 bits per heavy atom. The summed E-state index contributed by atoms with van der Waals surface area (Å²) >= 11 is 0. The van der Waals surface area contributed by atoms with Crippen LogP contribution >= 0.6 is 0 Å². The van der Waals surface area contributed by atoms with Crippen molar-refractivity contribution < 1.29 is 29.0 Å². The highest BCUT2D eigenvalue weighted by Crippen LogP contribution is 2.19. The third kappa shape index (κ3) is 11.0. The van der Waals surface area contributed by atoms with Crippen LogP contribution in [0.25, 0.3) is 0 Å². The molecule has 3 atom stereocenters. The van der Waals surface area contributed by atoms with Crippen LogP contribution in [0.2, 0.25) is 0 Å². The van der Waals surface area contributed by atoms with Crippen molar-refractivity contribution >= 4 is 23.9 Å². The second-order valence-corrected chi connectivity index (χ2v) is 9.92. The lowest BCUT2D eigenvalue weighted by Crippen LogP contribution is -2.57. The number of piperidine rings is 1. The van der Waals surface area contributed by atoms with Gasteiger partial charge in [0.1, 0.15) is 24.2 Å². The molecule has 0 aromatic rings. The molecule has 0 bridgehead atoms. The van der Waals surface area contributed by atoms with Gasteiger partial charge in [0, 0.05) is 12.5 Å². The lowest BCUT2D eigenvalue weighted by molar-refractivity contribution is -0.146. The number of amides is 3. The third-order valence-electron chi connectivity index (χ3n) is 5.66. The van der Waals surface area contributed by atoms with Crippen LogP contribution in [0.1, 0.15) is 86.0 Å². The molecule has 3 N–H and O–H groups in total. The van der Waals surface area contributed by atoms with Gasteiger partial charge in [-0.15, -0.1) is 0 Å². The van der Waals surface area contributed by atoms with Crippen molar-refractivity contribution in [1.29, 1.82) is 0 Å². The highest BCUT2D eigenvalue weighted by atomic mass is 16.6. The highest BCUT2D eigenvalue weighted by molar-refractivity contribution is 5.91. The number of hydrogen-bond donors (Lipinski definition) is 3. The van der Waals surface area contributed by atoms with Gasteiger partial charge >= 0.3 is 12.1 Å². The van der Waals surface area contributed by atoms with Crippen LogP contribution in [0.3, 0.4) is 0 Å². The molecule has 194 valence electrons. The molecule has 2 unspecified atom stereocenters. The molecule has 9 heteroatoms. The first-order valence-corrected chi connectivity index (χ1v) is 12.4. The number of nitrogens with one attached hydrogen (secondary N) is 2. The quantitative estimate of drug-likeness (QED) is 0.289. The van der Waals surface area contributed by atoms with E-state index in [4.69, 9.17) is 4.74 Å². The van der Waals surface area contributed by atoms with E-state index in [1.165, 1.54) is 11.3 Å². The van der Waals surface area contributed by atoms with Crippen molar-refractivity contribution in [3.8, 4) is 0 Å². The average molecular weight is 482 g/mol. The van der Waals surface area contributed by atoms with E-state index >= 15 is 0 Å². The van der Waals surface area contributed by atoms with Crippen molar-refractivity contribution in [3.05, 3.63) is 12.2 Å². The summed E-state index contributed by atoms with van der Waals surface area (Å²) in [4.78, 5) is 50.9. The molecule has 9 nitrogen and oxygen atoms in total. The summed E-state index contributed by atoms with van der Waals surface area (Å²) in [5.74, 6) is -2.40. The van der Waals surface area contributed by atoms with Crippen LogP contribution in [0, 0.1) is 5.92 Å². The predicted molar refractivity (Wildman–Crippen MR) is 130 cm³/mol. The lowest BCUT2D eigenvalue weighted by Gasteiger charge is -2.35. The number of rotatable bonds is 12. The zero-order valence-corrected chi connectivity index (χ0v) is 21.4. The molecule has 0 aliphatic carbocycles. The fourth-order valence-corrected chi connectivity index (χ4v) is 3.84. The summed E-state index contributed by atoms with van der Waals surface area (Å²) in [6, 6.07) is -1.85. The van der Waals surface area contributed by atoms with Crippen LogP contribution in [0.15, 0.2) is 12.2 Å². The number of allylic oxidation sites excluding steroid dienone is 1. The van der Waals surface area contributed by atoms with Crippen LogP contribution < -0.4 is 10.6 Å². The average Bonchev–Trinajstić information content (AvgIpc) is 2.76. The fraction of sp³-hybridized carbons (Fsp3) is 0.760. The summed E-state index contributed by atoms with van der Waals surface area (Å²) in [5, 5.41) is 14.7. The Morgan fingerprint density at radius 1 is 1.15 bits per heavy atom. The van der Waals surface area contributed by atoms with Crippen molar-refractivity contribution in [2.45, 2.75) is 104 Å².